The highest BCUT2D eigenvalue weighted by Crippen LogP contribution is 2.27. The monoisotopic (exact) mass is 383 g/mol. The number of fused-ring (bicyclic) bond motifs is 1. The molecule has 0 atom stereocenters. The van der Waals surface area contributed by atoms with E-state index in [-0.39, 0.29) is 5.82 Å². The van der Waals surface area contributed by atoms with Crippen molar-refractivity contribution in [2.75, 3.05) is 11.9 Å². The van der Waals surface area contributed by atoms with E-state index in [1.807, 2.05) is 24.1 Å². The molecular formula is C14H11FIN3O. The van der Waals surface area contributed by atoms with Crippen molar-refractivity contribution in [1.29, 1.82) is 0 Å². The second-order valence-electron chi connectivity index (χ2n) is 4.54. The third-order valence-corrected chi connectivity index (χ3v) is 3.67. The maximum Gasteiger partial charge on any atom is 0.158 e. The minimum atomic E-state index is -0.228. The van der Waals surface area contributed by atoms with Crippen molar-refractivity contribution in [2.24, 2.45) is 0 Å². The largest absolute Gasteiger partial charge is 0.368 e. The average molecular weight is 383 g/mol. The molecular weight excluding hydrogens is 372 g/mol. The maximum atomic E-state index is 12.9. The maximum absolute atomic E-state index is 12.9. The lowest BCUT2D eigenvalue weighted by molar-refractivity contribution is 0.315. The van der Waals surface area contributed by atoms with Crippen LogP contribution in [0.2, 0.25) is 0 Å². The zero-order chi connectivity index (χ0) is 14.1. The molecule has 20 heavy (non-hydrogen) atoms. The van der Waals surface area contributed by atoms with Crippen LogP contribution in [0.5, 0.6) is 0 Å². The molecule has 1 aromatic heterocycles. The van der Waals surface area contributed by atoms with E-state index < -0.39 is 0 Å². The third-order valence-electron chi connectivity index (χ3n) is 3.05. The molecule has 1 heterocycles. The Morgan fingerprint density at radius 1 is 1.20 bits per heavy atom. The van der Waals surface area contributed by atoms with Crippen LogP contribution in [0.4, 0.5) is 10.1 Å². The van der Waals surface area contributed by atoms with Crippen molar-refractivity contribution >= 4 is 39.3 Å². The SMILES string of the molecule is CN(Cc1ccc(F)cc1)c1cc(I)cc2nonc12. The molecule has 0 unspecified atom stereocenters. The van der Waals surface area contributed by atoms with E-state index >= 15 is 0 Å². The van der Waals surface area contributed by atoms with Gasteiger partial charge in [0.1, 0.15) is 11.3 Å². The first-order valence-electron chi connectivity index (χ1n) is 6.01. The quantitative estimate of drug-likeness (QED) is 0.649. The summed E-state index contributed by atoms with van der Waals surface area (Å²) in [6, 6.07) is 10.4. The van der Waals surface area contributed by atoms with E-state index in [1.54, 1.807) is 12.1 Å². The summed E-state index contributed by atoms with van der Waals surface area (Å²) in [5.74, 6) is -0.228. The summed E-state index contributed by atoms with van der Waals surface area (Å²) in [7, 11) is 1.96. The highest BCUT2D eigenvalue weighted by molar-refractivity contribution is 14.1. The fourth-order valence-electron chi connectivity index (χ4n) is 2.08. The van der Waals surface area contributed by atoms with Crippen molar-refractivity contribution in [2.45, 2.75) is 6.54 Å². The molecule has 3 aromatic rings. The van der Waals surface area contributed by atoms with Crippen LogP contribution in [0.1, 0.15) is 5.56 Å². The Morgan fingerprint density at radius 3 is 2.70 bits per heavy atom. The van der Waals surface area contributed by atoms with Gasteiger partial charge in [-0.25, -0.2) is 9.02 Å². The van der Waals surface area contributed by atoms with E-state index in [0.29, 0.717) is 6.54 Å². The predicted octanol–water partition coefficient (Wildman–Crippen LogP) is 3.60. The first-order valence-corrected chi connectivity index (χ1v) is 7.09. The van der Waals surface area contributed by atoms with Gasteiger partial charge in [0.05, 0.1) is 5.69 Å². The number of benzene rings is 2. The fraction of sp³-hybridized carbons (Fsp3) is 0.143. The zero-order valence-corrected chi connectivity index (χ0v) is 12.8. The van der Waals surface area contributed by atoms with Gasteiger partial charge in [-0.15, -0.1) is 0 Å². The Bertz CT molecular complexity index is 742. The minimum Gasteiger partial charge on any atom is -0.368 e. The Kier molecular flexibility index (Phi) is 3.56. The van der Waals surface area contributed by atoms with Crippen LogP contribution in [0.3, 0.4) is 0 Å². The van der Waals surface area contributed by atoms with Gasteiger partial charge in [0.15, 0.2) is 5.52 Å². The summed E-state index contributed by atoms with van der Waals surface area (Å²) in [5, 5.41) is 7.82. The molecule has 0 spiro atoms. The molecule has 0 bridgehead atoms. The second kappa shape index (κ2) is 5.35. The van der Waals surface area contributed by atoms with Crippen molar-refractivity contribution in [3.8, 4) is 0 Å². The van der Waals surface area contributed by atoms with Gasteiger partial charge in [-0.2, -0.15) is 0 Å². The van der Waals surface area contributed by atoms with E-state index in [0.717, 1.165) is 25.9 Å². The molecule has 2 aromatic carbocycles. The van der Waals surface area contributed by atoms with Crippen LogP contribution in [0, 0.1) is 9.39 Å². The Morgan fingerprint density at radius 2 is 1.95 bits per heavy atom. The Hall–Kier alpha value is -1.70. The molecule has 0 fully saturated rings. The van der Waals surface area contributed by atoms with E-state index in [9.17, 15) is 4.39 Å². The van der Waals surface area contributed by atoms with Crippen LogP contribution < -0.4 is 4.90 Å². The molecule has 6 heteroatoms. The molecule has 0 N–H and O–H groups in total. The Labute approximate surface area is 128 Å². The number of hydrogen-bond acceptors (Lipinski definition) is 4. The van der Waals surface area contributed by atoms with Gasteiger partial charge in [0, 0.05) is 17.2 Å². The van der Waals surface area contributed by atoms with Gasteiger partial charge >= 0.3 is 0 Å². The van der Waals surface area contributed by atoms with Crippen molar-refractivity contribution in [3.05, 3.63) is 51.3 Å². The smallest absolute Gasteiger partial charge is 0.158 e. The first kappa shape index (κ1) is 13.3. The van der Waals surface area contributed by atoms with Crippen molar-refractivity contribution < 1.29 is 9.02 Å². The number of hydrogen-bond donors (Lipinski definition) is 0. The van der Waals surface area contributed by atoms with Gasteiger partial charge < -0.3 is 4.90 Å². The third kappa shape index (κ3) is 2.60. The van der Waals surface area contributed by atoms with Gasteiger partial charge in [0.25, 0.3) is 0 Å². The van der Waals surface area contributed by atoms with Gasteiger partial charge in [-0.1, -0.05) is 12.1 Å². The Balaban J connectivity index is 1.93. The molecule has 0 aliphatic rings. The summed E-state index contributed by atoms with van der Waals surface area (Å²) >= 11 is 2.23. The standard InChI is InChI=1S/C14H11FIN3O/c1-19(8-9-2-4-10(15)5-3-9)13-7-11(16)6-12-14(13)18-20-17-12/h2-7H,8H2,1H3. The average Bonchev–Trinajstić information content (AvgIpc) is 2.88. The number of halogens is 2. The van der Waals surface area contributed by atoms with E-state index in [2.05, 4.69) is 32.9 Å². The topological polar surface area (TPSA) is 42.2 Å². The molecule has 4 nitrogen and oxygen atoms in total. The molecule has 0 saturated heterocycles. The highest BCUT2D eigenvalue weighted by Gasteiger charge is 2.12. The van der Waals surface area contributed by atoms with Gasteiger partial charge in [0.2, 0.25) is 0 Å². The molecule has 3 rings (SSSR count). The summed E-state index contributed by atoms with van der Waals surface area (Å²) in [6.07, 6.45) is 0. The molecule has 0 radical (unpaired) electrons. The summed E-state index contributed by atoms with van der Waals surface area (Å²) in [4.78, 5) is 2.04. The number of aromatic nitrogens is 2. The summed E-state index contributed by atoms with van der Waals surface area (Å²) in [6.45, 7) is 0.655. The van der Waals surface area contributed by atoms with Crippen LogP contribution in [0.25, 0.3) is 11.0 Å². The minimum absolute atomic E-state index is 0.228. The molecule has 0 saturated carbocycles. The predicted molar refractivity (Wildman–Crippen MR) is 83.0 cm³/mol. The van der Waals surface area contributed by atoms with Crippen LogP contribution >= 0.6 is 22.6 Å². The van der Waals surface area contributed by atoms with E-state index in [4.69, 9.17) is 4.63 Å². The summed E-state index contributed by atoms with van der Waals surface area (Å²) in [5.41, 5.74) is 3.43. The fourth-order valence-corrected chi connectivity index (χ4v) is 2.67. The summed E-state index contributed by atoms with van der Waals surface area (Å²) < 4.78 is 18.8. The lowest BCUT2D eigenvalue weighted by Crippen LogP contribution is -2.17. The normalized spacial score (nSPS) is 10.9. The van der Waals surface area contributed by atoms with Crippen molar-refractivity contribution in [1.82, 2.24) is 10.3 Å². The molecule has 0 aliphatic heterocycles. The number of anilines is 1. The van der Waals surface area contributed by atoms with Crippen molar-refractivity contribution in [3.63, 3.8) is 0 Å². The molecule has 0 aliphatic carbocycles. The lowest BCUT2D eigenvalue weighted by Gasteiger charge is -2.19. The van der Waals surface area contributed by atoms with Crippen LogP contribution in [-0.2, 0) is 6.54 Å². The second-order valence-corrected chi connectivity index (χ2v) is 5.79. The lowest BCUT2D eigenvalue weighted by atomic mass is 10.2. The molecule has 0 amide bonds. The first-order chi connectivity index (χ1) is 9.63. The van der Waals surface area contributed by atoms with Gasteiger partial charge in [-0.3, -0.25) is 0 Å². The molecule has 102 valence electrons. The number of nitrogens with zero attached hydrogens (tertiary/aromatic N) is 3. The van der Waals surface area contributed by atoms with Gasteiger partial charge in [-0.05, 0) is 62.7 Å². The van der Waals surface area contributed by atoms with E-state index in [1.165, 1.54) is 12.1 Å². The highest BCUT2D eigenvalue weighted by atomic mass is 127. The number of rotatable bonds is 3. The zero-order valence-electron chi connectivity index (χ0n) is 10.7. The van der Waals surface area contributed by atoms with Crippen LogP contribution in [0.15, 0.2) is 41.0 Å². The van der Waals surface area contributed by atoms with Crippen LogP contribution in [-0.4, -0.2) is 17.4 Å².